The van der Waals surface area contributed by atoms with Crippen molar-refractivity contribution in [3.8, 4) is 0 Å². The van der Waals surface area contributed by atoms with Gasteiger partial charge in [0.1, 0.15) is 6.61 Å². The van der Waals surface area contributed by atoms with E-state index in [1.807, 2.05) is 0 Å². The number of carbonyl (C=O) groups is 1. The number of ether oxygens (including phenoxy) is 1. The lowest BCUT2D eigenvalue weighted by atomic mass is 10.5. The van der Waals surface area contributed by atoms with Gasteiger partial charge in [0.15, 0.2) is 0 Å². The van der Waals surface area contributed by atoms with Crippen molar-refractivity contribution in [3.63, 3.8) is 0 Å². The van der Waals surface area contributed by atoms with E-state index in [2.05, 4.69) is 36.6 Å². The highest BCUT2D eigenvalue weighted by Crippen LogP contribution is 2.03. The Balaban J connectivity index is 3.16. The molecule has 0 aliphatic rings. The smallest absolute Gasteiger partial charge is 0.302 e. The van der Waals surface area contributed by atoms with Gasteiger partial charge in [-0.15, -0.1) is 0 Å². The lowest BCUT2D eigenvalue weighted by Crippen LogP contribution is -2.12. The largest absolute Gasteiger partial charge is 0.465 e. The Labute approximate surface area is 71.2 Å². The zero-order valence-corrected chi connectivity index (χ0v) is 8.24. The van der Waals surface area contributed by atoms with E-state index in [0.29, 0.717) is 6.61 Å². The van der Waals surface area contributed by atoms with Gasteiger partial charge in [0.05, 0.1) is 4.83 Å². The number of hydrogen-bond donors (Lipinski definition) is 0. The third kappa shape index (κ3) is 6.31. The standard InChI is InChI=1S/C5H8Br2O2/c1-4(8)9-3-5(7)2-6/h5H,2-3H2,1H3. The number of esters is 1. The predicted molar refractivity (Wildman–Crippen MR) is 43.1 cm³/mol. The molecule has 1 unspecified atom stereocenters. The maximum Gasteiger partial charge on any atom is 0.302 e. The van der Waals surface area contributed by atoms with Gasteiger partial charge in [0.25, 0.3) is 0 Å². The molecule has 0 rings (SSSR count). The van der Waals surface area contributed by atoms with Gasteiger partial charge >= 0.3 is 5.97 Å². The Bertz CT molecular complexity index is 95.0. The summed E-state index contributed by atoms with van der Waals surface area (Å²) in [4.78, 5) is 10.4. The van der Waals surface area contributed by atoms with Crippen LogP contribution in [0.4, 0.5) is 0 Å². The molecule has 0 saturated carbocycles. The molecule has 0 spiro atoms. The van der Waals surface area contributed by atoms with E-state index in [1.54, 1.807) is 0 Å². The predicted octanol–water partition coefficient (Wildman–Crippen LogP) is 1.71. The third-order valence-electron chi connectivity index (χ3n) is 0.635. The second kappa shape index (κ2) is 5.23. The molecule has 54 valence electrons. The summed E-state index contributed by atoms with van der Waals surface area (Å²) in [5, 5.41) is 0.792. The van der Waals surface area contributed by atoms with E-state index in [9.17, 15) is 4.79 Å². The van der Waals surface area contributed by atoms with Gasteiger partial charge in [-0.1, -0.05) is 31.9 Å². The lowest BCUT2D eigenvalue weighted by Gasteiger charge is -2.03. The number of rotatable bonds is 3. The summed E-state index contributed by atoms with van der Waals surface area (Å²) in [6.07, 6.45) is 0. The van der Waals surface area contributed by atoms with Crippen molar-refractivity contribution in [1.82, 2.24) is 0 Å². The van der Waals surface area contributed by atoms with Gasteiger partial charge in [-0.2, -0.15) is 0 Å². The van der Waals surface area contributed by atoms with Gasteiger partial charge in [0, 0.05) is 12.3 Å². The third-order valence-corrected chi connectivity index (χ3v) is 2.87. The monoisotopic (exact) mass is 258 g/mol. The zero-order chi connectivity index (χ0) is 7.28. The quantitative estimate of drug-likeness (QED) is 0.570. The Morgan fingerprint density at radius 2 is 2.33 bits per heavy atom. The fourth-order valence-corrected chi connectivity index (χ4v) is 0.571. The van der Waals surface area contributed by atoms with Gasteiger partial charge in [-0.3, -0.25) is 4.79 Å². The molecule has 2 nitrogen and oxygen atoms in total. The van der Waals surface area contributed by atoms with Crippen LogP contribution in [-0.2, 0) is 9.53 Å². The first-order chi connectivity index (χ1) is 4.16. The first-order valence-corrected chi connectivity index (χ1v) is 4.54. The molecule has 0 N–H and O–H groups in total. The van der Waals surface area contributed by atoms with E-state index < -0.39 is 0 Å². The lowest BCUT2D eigenvalue weighted by molar-refractivity contribution is -0.140. The van der Waals surface area contributed by atoms with Crippen LogP contribution in [0.5, 0.6) is 0 Å². The molecular formula is C5H8Br2O2. The second-order valence-electron chi connectivity index (χ2n) is 1.55. The average Bonchev–Trinajstić information content (AvgIpc) is 1.83. The summed E-state index contributed by atoms with van der Waals surface area (Å²) in [6, 6.07) is 0. The van der Waals surface area contributed by atoms with Crippen LogP contribution in [0.15, 0.2) is 0 Å². The molecular weight excluding hydrogens is 252 g/mol. The Hall–Kier alpha value is 0.430. The summed E-state index contributed by atoms with van der Waals surface area (Å²) in [7, 11) is 0. The fraction of sp³-hybridized carbons (Fsp3) is 0.800. The molecule has 0 fully saturated rings. The maximum atomic E-state index is 10.2. The van der Waals surface area contributed by atoms with Crippen LogP contribution >= 0.6 is 31.9 Å². The number of halogens is 2. The van der Waals surface area contributed by atoms with Gasteiger partial charge in [-0.25, -0.2) is 0 Å². The Morgan fingerprint density at radius 1 is 1.78 bits per heavy atom. The van der Waals surface area contributed by atoms with Crippen molar-refractivity contribution < 1.29 is 9.53 Å². The summed E-state index contributed by atoms with van der Waals surface area (Å²) in [6.45, 7) is 1.83. The average molecular weight is 260 g/mol. The molecule has 0 heterocycles. The molecule has 0 amide bonds. The molecule has 0 bridgehead atoms. The molecule has 0 saturated heterocycles. The number of alkyl halides is 2. The van der Waals surface area contributed by atoms with Crippen molar-refractivity contribution in [2.24, 2.45) is 0 Å². The molecule has 0 aliphatic carbocycles. The molecule has 0 aromatic rings. The first-order valence-electron chi connectivity index (χ1n) is 2.50. The molecule has 0 radical (unpaired) electrons. The van der Waals surface area contributed by atoms with E-state index >= 15 is 0 Å². The van der Waals surface area contributed by atoms with Crippen LogP contribution < -0.4 is 0 Å². The Kier molecular flexibility index (Phi) is 5.48. The van der Waals surface area contributed by atoms with Crippen LogP contribution in [0, 0.1) is 0 Å². The van der Waals surface area contributed by atoms with Gasteiger partial charge in [-0.05, 0) is 0 Å². The van der Waals surface area contributed by atoms with Crippen molar-refractivity contribution in [1.29, 1.82) is 0 Å². The van der Waals surface area contributed by atoms with Crippen molar-refractivity contribution >= 4 is 37.8 Å². The maximum absolute atomic E-state index is 10.2. The van der Waals surface area contributed by atoms with Crippen LogP contribution in [-0.4, -0.2) is 22.7 Å². The van der Waals surface area contributed by atoms with Crippen LogP contribution in [0.1, 0.15) is 6.92 Å². The minimum atomic E-state index is -0.236. The zero-order valence-electron chi connectivity index (χ0n) is 5.06. The number of carbonyl (C=O) groups excluding carboxylic acids is 1. The molecule has 0 aromatic heterocycles. The Morgan fingerprint density at radius 3 is 2.67 bits per heavy atom. The highest BCUT2D eigenvalue weighted by molar-refractivity contribution is 9.12. The normalized spacial score (nSPS) is 12.8. The van der Waals surface area contributed by atoms with E-state index in [0.717, 1.165) is 5.33 Å². The van der Waals surface area contributed by atoms with Crippen LogP contribution in [0.3, 0.4) is 0 Å². The fourth-order valence-electron chi connectivity index (χ4n) is 0.252. The van der Waals surface area contributed by atoms with E-state index in [4.69, 9.17) is 0 Å². The van der Waals surface area contributed by atoms with Gasteiger partial charge < -0.3 is 4.74 Å². The summed E-state index contributed by atoms with van der Waals surface area (Å²) in [5.74, 6) is -0.236. The molecule has 9 heavy (non-hydrogen) atoms. The first kappa shape index (κ1) is 9.43. The van der Waals surface area contributed by atoms with Crippen molar-refractivity contribution in [3.05, 3.63) is 0 Å². The summed E-state index contributed by atoms with van der Waals surface area (Å²) in [5.41, 5.74) is 0. The van der Waals surface area contributed by atoms with Crippen LogP contribution in [0.25, 0.3) is 0 Å². The molecule has 1 atom stereocenters. The molecule has 4 heteroatoms. The topological polar surface area (TPSA) is 26.3 Å². The molecule has 0 aliphatic heterocycles. The minimum absolute atomic E-state index is 0.224. The van der Waals surface area contributed by atoms with Gasteiger partial charge in [0.2, 0.25) is 0 Å². The SMILES string of the molecule is CC(=O)OCC(Br)CBr. The highest BCUT2D eigenvalue weighted by Gasteiger charge is 2.02. The van der Waals surface area contributed by atoms with Crippen LogP contribution in [0.2, 0.25) is 0 Å². The van der Waals surface area contributed by atoms with Crippen molar-refractivity contribution in [2.75, 3.05) is 11.9 Å². The van der Waals surface area contributed by atoms with Crippen molar-refractivity contribution in [2.45, 2.75) is 11.8 Å². The van der Waals surface area contributed by atoms with E-state index in [1.165, 1.54) is 6.92 Å². The van der Waals surface area contributed by atoms with E-state index in [-0.39, 0.29) is 10.8 Å². The number of hydrogen-bond acceptors (Lipinski definition) is 2. The minimum Gasteiger partial charge on any atom is -0.465 e. The molecule has 0 aromatic carbocycles. The summed E-state index contributed by atoms with van der Waals surface area (Å²) < 4.78 is 4.68. The summed E-state index contributed by atoms with van der Waals surface area (Å²) >= 11 is 6.51. The highest BCUT2D eigenvalue weighted by atomic mass is 79.9. The second-order valence-corrected chi connectivity index (χ2v) is 3.50.